The summed E-state index contributed by atoms with van der Waals surface area (Å²) < 4.78 is 5.17. The summed E-state index contributed by atoms with van der Waals surface area (Å²) in [7, 11) is 1.58. The first-order chi connectivity index (χ1) is 13.4. The number of esters is 1. The molecule has 1 aliphatic rings. The van der Waals surface area contributed by atoms with Crippen molar-refractivity contribution in [3.63, 3.8) is 0 Å². The van der Waals surface area contributed by atoms with E-state index >= 15 is 0 Å². The van der Waals surface area contributed by atoms with E-state index in [1.165, 1.54) is 11.8 Å². The van der Waals surface area contributed by atoms with Crippen LogP contribution in [0.1, 0.15) is 22.8 Å². The molecule has 0 radical (unpaired) electrons. The van der Waals surface area contributed by atoms with Crippen molar-refractivity contribution in [1.82, 2.24) is 4.90 Å². The molecule has 3 amide bonds. The number of rotatable bonds is 5. The second kappa shape index (κ2) is 8.04. The van der Waals surface area contributed by atoms with Crippen LogP contribution in [0.4, 0.5) is 5.69 Å². The normalized spacial score (nSPS) is 14.3. The fourth-order valence-corrected chi connectivity index (χ4v) is 3.03. The maximum atomic E-state index is 12.5. The Hall–Kier alpha value is -3.48. The minimum Gasteiger partial charge on any atom is -0.451 e. The number of benzene rings is 2. The highest BCUT2D eigenvalue weighted by molar-refractivity contribution is 6.11. The second-order valence-electron chi connectivity index (χ2n) is 6.48. The number of carbonyl (C=O) groups is 4. The maximum absolute atomic E-state index is 12.5. The number of ether oxygens (including phenoxy) is 1. The third-order valence-corrected chi connectivity index (χ3v) is 4.55. The number of hydrogen-bond donors (Lipinski definition) is 0. The van der Waals surface area contributed by atoms with Crippen molar-refractivity contribution < 1.29 is 23.9 Å². The minimum absolute atomic E-state index is 0.0421. The molecule has 0 aliphatic carbocycles. The average Bonchev–Trinajstić information content (AvgIpc) is 2.70. The molecule has 3 rings (SSSR count). The molecule has 0 aromatic heterocycles. The van der Waals surface area contributed by atoms with E-state index < -0.39 is 36.3 Å². The van der Waals surface area contributed by atoms with Gasteiger partial charge in [0.25, 0.3) is 11.8 Å². The van der Waals surface area contributed by atoms with Crippen molar-refractivity contribution in [3.05, 3.63) is 65.7 Å². The number of nitrogens with zero attached hydrogens (tertiary/aromatic N) is 2. The zero-order valence-corrected chi connectivity index (χ0v) is 15.6. The van der Waals surface area contributed by atoms with Crippen molar-refractivity contribution in [2.45, 2.75) is 19.4 Å². The Morgan fingerprint density at radius 2 is 1.71 bits per heavy atom. The smallest absolute Gasteiger partial charge is 0.326 e. The molecule has 1 aliphatic heterocycles. The molecule has 144 valence electrons. The van der Waals surface area contributed by atoms with E-state index in [-0.39, 0.29) is 6.42 Å². The number of hydrogen-bond acceptors (Lipinski definition) is 5. The third kappa shape index (κ3) is 3.93. The van der Waals surface area contributed by atoms with Crippen LogP contribution < -0.4 is 4.90 Å². The number of para-hydroxylation sites is 1. The molecule has 0 N–H and O–H groups in total. The van der Waals surface area contributed by atoms with Crippen molar-refractivity contribution in [2.75, 3.05) is 18.5 Å². The van der Waals surface area contributed by atoms with Gasteiger partial charge in [-0.3, -0.25) is 24.1 Å². The zero-order valence-electron chi connectivity index (χ0n) is 15.6. The predicted octanol–water partition coefficient (Wildman–Crippen LogP) is 1.81. The Morgan fingerprint density at radius 3 is 2.43 bits per heavy atom. The Labute approximate surface area is 162 Å². The van der Waals surface area contributed by atoms with Crippen molar-refractivity contribution in [2.24, 2.45) is 0 Å². The van der Waals surface area contributed by atoms with Crippen molar-refractivity contribution in [1.29, 1.82) is 0 Å². The van der Waals surface area contributed by atoms with Crippen LogP contribution >= 0.6 is 0 Å². The molecule has 0 spiro atoms. The monoisotopic (exact) mass is 380 g/mol. The van der Waals surface area contributed by atoms with E-state index in [0.717, 1.165) is 4.90 Å². The number of likely N-dealkylation sites (N-methyl/N-ethyl adjacent to an activating group) is 1. The fourth-order valence-electron chi connectivity index (χ4n) is 3.03. The quantitative estimate of drug-likeness (QED) is 0.583. The van der Waals surface area contributed by atoms with E-state index in [2.05, 4.69) is 0 Å². The zero-order chi connectivity index (χ0) is 20.3. The van der Waals surface area contributed by atoms with Crippen LogP contribution in [0.2, 0.25) is 0 Å². The molecular formula is C21H20N2O5. The van der Waals surface area contributed by atoms with Gasteiger partial charge < -0.3 is 9.64 Å². The Morgan fingerprint density at radius 1 is 1.07 bits per heavy atom. The predicted molar refractivity (Wildman–Crippen MR) is 102 cm³/mol. The Bertz CT molecular complexity index is 925. The molecular weight excluding hydrogens is 360 g/mol. The molecule has 0 saturated carbocycles. The van der Waals surface area contributed by atoms with Gasteiger partial charge in [0.2, 0.25) is 5.91 Å². The van der Waals surface area contributed by atoms with E-state index in [1.807, 2.05) is 6.07 Å². The minimum atomic E-state index is -1.06. The first-order valence-corrected chi connectivity index (χ1v) is 8.83. The van der Waals surface area contributed by atoms with Crippen LogP contribution in [-0.2, 0) is 25.5 Å². The molecule has 0 bridgehead atoms. The number of anilines is 1. The number of amides is 3. The van der Waals surface area contributed by atoms with Gasteiger partial charge in [-0.1, -0.05) is 36.4 Å². The standard InChI is InChI=1S/C21H20N2O5/c1-14(20(26)22(2)16-9-4-3-5-10-16)28-19(25)13-23-18(24)12-15-8-6-7-11-17(15)21(23)27/h3-11,14H,12-13H2,1-2H3/t14-/m0/s1. The maximum Gasteiger partial charge on any atom is 0.326 e. The van der Waals surface area contributed by atoms with Gasteiger partial charge in [-0.15, -0.1) is 0 Å². The lowest BCUT2D eigenvalue weighted by Crippen LogP contribution is -2.46. The van der Waals surface area contributed by atoms with Gasteiger partial charge in [0.05, 0.1) is 6.42 Å². The fraction of sp³-hybridized carbons (Fsp3) is 0.238. The first kappa shape index (κ1) is 19.3. The SMILES string of the molecule is C[C@H](OC(=O)CN1C(=O)Cc2ccccc2C1=O)C(=O)N(C)c1ccccc1. The summed E-state index contributed by atoms with van der Waals surface area (Å²) >= 11 is 0. The van der Waals surface area contributed by atoms with E-state index in [4.69, 9.17) is 4.74 Å². The summed E-state index contributed by atoms with van der Waals surface area (Å²) in [6.07, 6.45) is -1.01. The molecule has 0 fully saturated rings. The molecule has 2 aromatic carbocycles. The third-order valence-electron chi connectivity index (χ3n) is 4.55. The molecule has 1 heterocycles. The van der Waals surface area contributed by atoms with Crippen LogP contribution in [0.15, 0.2) is 54.6 Å². The van der Waals surface area contributed by atoms with Crippen LogP contribution in [0.5, 0.6) is 0 Å². The molecule has 7 heteroatoms. The van der Waals surface area contributed by atoms with Crippen LogP contribution in [0.25, 0.3) is 0 Å². The summed E-state index contributed by atoms with van der Waals surface area (Å²) in [5.41, 5.74) is 1.69. The molecule has 0 unspecified atom stereocenters. The highest BCUT2D eigenvalue weighted by Crippen LogP contribution is 2.20. The van der Waals surface area contributed by atoms with E-state index in [0.29, 0.717) is 16.8 Å². The molecule has 1 atom stereocenters. The second-order valence-corrected chi connectivity index (χ2v) is 6.48. The van der Waals surface area contributed by atoms with Crippen LogP contribution in [-0.4, -0.2) is 48.3 Å². The molecule has 0 saturated heterocycles. The van der Waals surface area contributed by atoms with Gasteiger partial charge >= 0.3 is 5.97 Å². The summed E-state index contributed by atoms with van der Waals surface area (Å²) in [4.78, 5) is 51.7. The van der Waals surface area contributed by atoms with Gasteiger partial charge in [-0.2, -0.15) is 0 Å². The lowest BCUT2D eigenvalue weighted by molar-refractivity contribution is -0.156. The van der Waals surface area contributed by atoms with Crippen molar-refractivity contribution >= 4 is 29.4 Å². The number of imide groups is 1. The van der Waals surface area contributed by atoms with E-state index in [1.54, 1.807) is 55.6 Å². The highest BCUT2D eigenvalue weighted by atomic mass is 16.5. The lowest BCUT2D eigenvalue weighted by Gasteiger charge is -2.27. The summed E-state index contributed by atoms with van der Waals surface area (Å²) in [6, 6.07) is 15.7. The van der Waals surface area contributed by atoms with E-state index in [9.17, 15) is 19.2 Å². The average molecular weight is 380 g/mol. The van der Waals surface area contributed by atoms with Crippen LogP contribution in [0.3, 0.4) is 0 Å². The lowest BCUT2D eigenvalue weighted by atomic mass is 9.98. The van der Waals surface area contributed by atoms with Crippen LogP contribution in [0, 0.1) is 0 Å². The molecule has 7 nitrogen and oxygen atoms in total. The highest BCUT2D eigenvalue weighted by Gasteiger charge is 2.33. The topological polar surface area (TPSA) is 84.0 Å². The van der Waals surface area contributed by atoms with Gasteiger partial charge in [0.1, 0.15) is 6.54 Å². The first-order valence-electron chi connectivity index (χ1n) is 8.83. The van der Waals surface area contributed by atoms with Gasteiger partial charge in [0.15, 0.2) is 6.10 Å². The Kier molecular flexibility index (Phi) is 5.54. The summed E-state index contributed by atoms with van der Waals surface area (Å²) in [5.74, 6) is -2.24. The largest absolute Gasteiger partial charge is 0.451 e. The number of fused-ring (bicyclic) bond motifs is 1. The van der Waals surface area contributed by atoms with Gasteiger partial charge in [-0.05, 0) is 30.7 Å². The molecule has 2 aromatic rings. The number of carbonyl (C=O) groups excluding carboxylic acids is 4. The molecule has 28 heavy (non-hydrogen) atoms. The summed E-state index contributed by atoms with van der Waals surface area (Å²) in [6.45, 7) is 0.924. The summed E-state index contributed by atoms with van der Waals surface area (Å²) in [5, 5.41) is 0. The van der Waals surface area contributed by atoms with Gasteiger partial charge in [0, 0.05) is 18.3 Å². The van der Waals surface area contributed by atoms with Gasteiger partial charge in [-0.25, -0.2) is 0 Å². The van der Waals surface area contributed by atoms with Crippen molar-refractivity contribution in [3.8, 4) is 0 Å². The Balaban J connectivity index is 1.63.